The van der Waals surface area contributed by atoms with Crippen LogP contribution in [0.2, 0.25) is 0 Å². The topological polar surface area (TPSA) is 67.6 Å². The van der Waals surface area contributed by atoms with Crippen LogP contribution in [0.3, 0.4) is 0 Å². The van der Waals surface area contributed by atoms with E-state index in [4.69, 9.17) is 4.74 Å². The summed E-state index contributed by atoms with van der Waals surface area (Å²) in [6.07, 6.45) is 1.98. The predicted molar refractivity (Wildman–Crippen MR) is 83.0 cm³/mol. The Hall–Kier alpha value is -1.82. The smallest absolute Gasteiger partial charge is 0.296 e. The third-order valence-electron chi connectivity index (χ3n) is 4.04. The van der Waals surface area contributed by atoms with E-state index in [-0.39, 0.29) is 16.7 Å². The number of benzene rings is 1. The van der Waals surface area contributed by atoms with Gasteiger partial charge in [0.15, 0.2) is 0 Å². The first-order valence-electron chi connectivity index (χ1n) is 7.39. The lowest BCUT2D eigenvalue weighted by Gasteiger charge is -2.35. The molecule has 2 unspecified atom stereocenters. The molecule has 1 N–H and O–H groups in total. The second-order valence-corrected chi connectivity index (χ2v) is 5.56. The SMILES string of the molecule is CCOc1ccc(NC2CCN(C)C(C)C2)c([N+](=O)[O-])c1. The first-order valence-corrected chi connectivity index (χ1v) is 7.39. The van der Waals surface area contributed by atoms with E-state index in [1.54, 1.807) is 12.1 Å². The van der Waals surface area contributed by atoms with E-state index in [2.05, 4.69) is 24.2 Å². The molecule has 0 radical (unpaired) electrons. The highest BCUT2D eigenvalue weighted by Gasteiger charge is 2.25. The van der Waals surface area contributed by atoms with Gasteiger partial charge in [-0.25, -0.2) is 0 Å². The van der Waals surface area contributed by atoms with Crippen LogP contribution >= 0.6 is 0 Å². The van der Waals surface area contributed by atoms with Gasteiger partial charge in [0.05, 0.1) is 17.6 Å². The second-order valence-electron chi connectivity index (χ2n) is 5.56. The molecule has 6 nitrogen and oxygen atoms in total. The highest BCUT2D eigenvalue weighted by Crippen LogP contribution is 2.31. The fourth-order valence-corrected chi connectivity index (χ4v) is 2.68. The van der Waals surface area contributed by atoms with Crippen LogP contribution in [0.15, 0.2) is 18.2 Å². The lowest BCUT2D eigenvalue weighted by Crippen LogP contribution is -2.42. The van der Waals surface area contributed by atoms with Crippen LogP contribution in [0.1, 0.15) is 26.7 Å². The molecular formula is C15H23N3O3. The summed E-state index contributed by atoms with van der Waals surface area (Å²) < 4.78 is 5.33. The van der Waals surface area contributed by atoms with Gasteiger partial charge in [-0.3, -0.25) is 10.1 Å². The summed E-state index contributed by atoms with van der Waals surface area (Å²) in [4.78, 5) is 13.2. The fraction of sp³-hybridized carbons (Fsp3) is 0.600. The molecule has 0 amide bonds. The van der Waals surface area contributed by atoms with Crippen molar-refractivity contribution in [2.75, 3.05) is 25.5 Å². The third kappa shape index (κ3) is 3.85. The van der Waals surface area contributed by atoms with Crippen LogP contribution in [0.4, 0.5) is 11.4 Å². The number of hydrogen-bond acceptors (Lipinski definition) is 5. The Balaban J connectivity index is 2.13. The van der Waals surface area contributed by atoms with Crippen molar-refractivity contribution in [2.45, 2.75) is 38.8 Å². The van der Waals surface area contributed by atoms with Gasteiger partial charge in [0.1, 0.15) is 11.4 Å². The number of likely N-dealkylation sites (tertiary alicyclic amines) is 1. The molecule has 1 aliphatic heterocycles. The van der Waals surface area contributed by atoms with Gasteiger partial charge in [-0.05, 0) is 45.9 Å². The molecule has 1 aromatic rings. The number of nitro benzene ring substituents is 1. The van der Waals surface area contributed by atoms with E-state index in [0.717, 1.165) is 19.4 Å². The summed E-state index contributed by atoms with van der Waals surface area (Å²) in [5.74, 6) is 0.534. The minimum absolute atomic E-state index is 0.0764. The molecule has 1 heterocycles. The Bertz CT molecular complexity index is 507. The van der Waals surface area contributed by atoms with Gasteiger partial charge >= 0.3 is 0 Å². The molecule has 6 heteroatoms. The Morgan fingerprint density at radius 2 is 2.29 bits per heavy atom. The van der Waals surface area contributed by atoms with E-state index in [1.165, 1.54) is 6.07 Å². The van der Waals surface area contributed by atoms with Crippen molar-refractivity contribution in [3.05, 3.63) is 28.3 Å². The monoisotopic (exact) mass is 293 g/mol. The zero-order chi connectivity index (χ0) is 15.4. The molecule has 2 rings (SSSR count). The average molecular weight is 293 g/mol. The zero-order valence-corrected chi connectivity index (χ0v) is 12.8. The van der Waals surface area contributed by atoms with E-state index in [0.29, 0.717) is 24.1 Å². The van der Waals surface area contributed by atoms with Gasteiger partial charge in [-0.15, -0.1) is 0 Å². The van der Waals surface area contributed by atoms with Crippen molar-refractivity contribution in [2.24, 2.45) is 0 Å². The highest BCUT2D eigenvalue weighted by atomic mass is 16.6. The van der Waals surface area contributed by atoms with Gasteiger partial charge in [-0.1, -0.05) is 0 Å². The molecule has 0 aromatic heterocycles. The Morgan fingerprint density at radius 3 is 2.90 bits per heavy atom. The third-order valence-corrected chi connectivity index (χ3v) is 4.04. The number of rotatable bonds is 5. The lowest BCUT2D eigenvalue weighted by atomic mass is 9.98. The summed E-state index contributed by atoms with van der Waals surface area (Å²) in [5.41, 5.74) is 0.651. The molecule has 1 saturated heterocycles. The van der Waals surface area contributed by atoms with Crippen LogP contribution in [0.5, 0.6) is 5.75 Å². The quantitative estimate of drug-likeness (QED) is 0.668. The summed E-state index contributed by atoms with van der Waals surface area (Å²) in [6.45, 7) is 5.54. The Morgan fingerprint density at radius 1 is 1.52 bits per heavy atom. The number of nitro groups is 1. The Labute approximate surface area is 125 Å². The lowest BCUT2D eigenvalue weighted by molar-refractivity contribution is -0.384. The van der Waals surface area contributed by atoms with Gasteiger partial charge in [0, 0.05) is 18.6 Å². The van der Waals surface area contributed by atoms with E-state index in [9.17, 15) is 10.1 Å². The molecular weight excluding hydrogens is 270 g/mol. The normalized spacial score (nSPS) is 22.8. The van der Waals surface area contributed by atoms with Crippen molar-refractivity contribution >= 4 is 11.4 Å². The average Bonchev–Trinajstić information content (AvgIpc) is 2.44. The zero-order valence-electron chi connectivity index (χ0n) is 12.8. The van der Waals surface area contributed by atoms with Crippen molar-refractivity contribution in [1.82, 2.24) is 4.90 Å². The number of ether oxygens (including phenoxy) is 1. The maximum Gasteiger partial charge on any atom is 0.296 e. The van der Waals surface area contributed by atoms with E-state index in [1.807, 2.05) is 6.92 Å². The molecule has 0 spiro atoms. The van der Waals surface area contributed by atoms with Crippen LogP contribution in [-0.4, -0.2) is 42.1 Å². The van der Waals surface area contributed by atoms with Gasteiger partial charge in [-0.2, -0.15) is 0 Å². The largest absolute Gasteiger partial charge is 0.494 e. The first kappa shape index (κ1) is 15.6. The summed E-state index contributed by atoms with van der Waals surface area (Å²) in [6, 6.07) is 5.76. The molecule has 0 saturated carbocycles. The second kappa shape index (κ2) is 6.76. The first-order chi connectivity index (χ1) is 10.0. The standard InChI is InChI=1S/C15H23N3O3/c1-4-21-13-5-6-14(15(10-13)18(19)20)16-12-7-8-17(3)11(2)9-12/h5-6,10-12,16H,4,7-9H2,1-3H3. The minimum Gasteiger partial charge on any atom is -0.494 e. The molecule has 0 bridgehead atoms. The molecule has 1 aliphatic rings. The maximum absolute atomic E-state index is 11.2. The van der Waals surface area contributed by atoms with E-state index < -0.39 is 0 Å². The number of piperidine rings is 1. The minimum atomic E-state index is -0.358. The van der Waals surface area contributed by atoms with E-state index >= 15 is 0 Å². The molecule has 1 aromatic carbocycles. The number of hydrogen-bond donors (Lipinski definition) is 1. The van der Waals surface area contributed by atoms with Crippen molar-refractivity contribution in [3.63, 3.8) is 0 Å². The van der Waals surface area contributed by atoms with Crippen LogP contribution in [-0.2, 0) is 0 Å². The molecule has 0 aliphatic carbocycles. The van der Waals surface area contributed by atoms with Crippen LogP contribution in [0, 0.1) is 10.1 Å². The number of nitrogens with one attached hydrogen (secondary N) is 1. The van der Waals surface area contributed by atoms with Crippen molar-refractivity contribution in [3.8, 4) is 5.75 Å². The van der Waals surface area contributed by atoms with Gasteiger partial charge < -0.3 is 15.0 Å². The number of anilines is 1. The molecule has 116 valence electrons. The maximum atomic E-state index is 11.2. The summed E-state index contributed by atoms with van der Waals surface area (Å²) in [7, 11) is 2.11. The van der Waals surface area contributed by atoms with Gasteiger partial charge in [0.2, 0.25) is 0 Å². The number of nitrogens with zero attached hydrogens (tertiary/aromatic N) is 2. The van der Waals surface area contributed by atoms with Crippen molar-refractivity contribution < 1.29 is 9.66 Å². The highest BCUT2D eigenvalue weighted by molar-refractivity contribution is 5.64. The fourth-order valence-electron chi connectivity index (χ4n) is 2.68. The van der Waals surface area contributed by atoms with Crippen LogP contribution in [0.25, 0.3) is 0 Å². The molecule has 2 atom stereocenters. The van der Waals surface area contributed by atoms with Gasteiger partial charge in [0.25, 0.3) is 5.69 Å². The molecule has 1 fully saturated rings. The Kier molecular flexibility index (Phi) is 5.01. The molecule has 21 heavy (non-hydrogen) atoms. The van der Waals surface area contributed by atoms with Crippen molar-refractivity contribution in [1.29, 1.82) is 0 Å². The summed E-state index contributed by atoms with van der Waals surface area (Å²) >= 11 is 0. The predicted octanol–water partition coefficient (Wildman–Crippen LogP) is 2.89. The summed E-state index contributed by atoms with van der Waals surface area (Å²) in [5, 5.41) is 14.6. The van der Waals surface area contributed by atoms with Crippen LogP contribution < -0.4 is 10.1 Å².